The van der Waals surface area contributed by atoms with Gasteiger partial charge in [-0.3, -0.25) is 14.4 Å². The molecule has 1 aliphatic heterocycles. The molecule has 0 aliphatic carbocycles. The van der Waals surface area contributed by atoms with Crippen LogP contribution in [0.2, 0.25) is 0 Å². The molecule has 39 heavy (non-hydrogen) atoms. The van der Waals surface area contributed by atoms with E-state index < -0.39 is 42.5 Å². The van der Waals surface area contributed by atoms with Crippen molar-refractivity contribution in [1.29, 1.82) is 0 Å². The molecule has 0 saturated carbocycles. The topological polar surface area (TPSA) is 112 Å². The molecule has 4 atom stereocenters. The number of carbonyl (C=O) groups is 3. The number of hydrogen-bond acceptors (Lipinski definition) is 9. The fourth-order valence-electron chi connectivity index (χ4n) is 4.55. The molecule has 0 bridgehead atoms. The van der Waals surface area contributed by atoms with Crippen LogP contribution in [0.4, 0.5) is 0 Å². The summed E-state index contributed by atoms with van der Waals surface area (Å²) in [5, 5.41) is 10.5. The van der Waals surface area contributed by atoms with E-state index in [2.05, 4.69) is 13.8 Å². The van der Waals surface area contributed by atoms with Gasteiger partial charge in [0, 0.05) is 19.4 Å². The van der Waals surface area contributed by atoms with Gasteiger partial charge in [0.05, 0.1) is 6.42 Å². The number of nitrogens with zero attached hydrogens (tertiary/aromatic N) is 1. The van der Waals surface area contributed by atoms with E-state index in [-0.39, 0.29) is 25.9 Å². The van der Waals surface area contributed by atoms with Crippen molar-refractivity contribution in [2.24, 2.45) is 0 Å². The highest BCUT2D eigenvalue weighted by Crippen LogP contribution is 2.27. The molecule has 1 aliphatic rings. The zero-order chi connectivity index (χ0) is 28.9. The lowest BCUT2D eigenvalue weighted by Gasteiger charge is -2.23. The van der Waals surface area contributed by atoms with Gasteiger partial charge in [-0.2, -0.15) is 0 Å². The van der Waals surface area contributed by atoms with Gasteiger partial charge in [0.2, 0.25) is 0 Å². The highest BCUT2D eigenvalue weighted by Gasteiger charge is 2.49. The van der Waals surface area contributed by atoms with Crippen molar-refractivity contribution in [2.45, 2.75) is 148 Å². The summed E-state index contributed by atoms with van der Waals surface area (Å²) in [6.07, 6.45) is 11.0. The lowest BCUT2D eigenvalue weighted by molar-refractivity contribution is -0.177. The molecule has 1 fully saturated rings. The summed E-state index contributed by atoms with van der Waals surface area (Å²) in [5.41, 5.74) is 0. The van der Waals surface area contributed by atoms with Crippen molar-refractivity contribution in [3.05, 3.63) is 0 Å². The minimum absolute atomic E-state index is 0.196. The highest BCUT2D eigenvalue weighted by molar-refractivity contribution is 5.71. The Morgan fingerprint density at radius 3 is 1.62 bits per heavy atom. The predicted octanol–water partition coefficient (Wildman–Crippen LogP) is 5.30. The van der Waals surface area contributed by atoms with Gasteiger partial charge in [-0.25, -0.2) is 0 Å². The van der Waals surface area contributed by atoms with Crippen LogP contribution < -0.4 is 0 Å². The molecule has 1 N–H and O–H groups in total. The summed E-state index contributed by atoms with van der Waals surface area (Å²) in [6, 6.07) is 0. The zero-order valence-corrected chi connectivity index (χ0v) is 25.0. The first-order valence-corrected chi connectivity index (χ1v) is 15.3. The third-order valence-corrected chi connectivity index (χ3v) is 6.96. The van der Waals surface area contributed by atoms with Crippen LogP contribution in [0.1, 0.15) is 123 Å². The lowest BCUT2D eigenvalue weighted by Crippen LogP contribution is -2.42. The van der Waals surface area contributed by atoms with Gasteiger partial charge < -0.3 is 29.0 Å². The summed E-state index contributed by atoms with van der Waals surface area (Å²) in [7, 11) is 3.71. The summed E-state index contributed by atoms with van der Waals surface area (Å²) >= 11 is 0. The van der Waals surface area contributed by atoms with Crippen LogP contribution in [0.15, 0.2) is 0 Å². The van der Waals surface area contributed by atoms with Gasteiger partial charge >= 0.3 is 17.9 Å². The molecule has 0 aromatic heterocycles. The Morgan fingerprint density at radius 2 is 1.13 bits per heavy atom. The first kappa shape index (κ1) is 35.3. The number of aliphatic hydroxyl groups excluding tert-OH is 1. The van der Waals surface area contributed by atoms with Crippen LogP contribution in [-0.2, 0) is 33.3 Å². The minimum Gasteiger partial charge on any atom is -0.463 e. The van der Waals surface area contributed by atoms with Crippen LogP contribution in [0, 0.1) is 0 Å². The monoisotopic (exact) mass is 557 g/mol. The van der Waals surface area contributed by atoms with Crippen molar-refractivity contribution in [3.8, 4) is 0 Å². The summed E-state index contributed by atoms with van der Waals surface area (Å²) < 4.78 is 22.1. The van der Waals surface area contributed by atoms with Crippen LogP contribution in [0.5, 0.6) is 0 Å². The summed E-state index contributed by atoms with van der Waals surface area (Å²) in [4.78, 5) is 39.2. The van der Waals surface area contributed by atoms with E-state index in [0.717, 1.165) is 38.5 Å². The maximum atomic E-state index is 12.6. The molecule has 9 heteroatoms. The molecule has 0 aromatic rings. The van der Waals surface area contributed by atoms with Gasteiger partial charge in [-0.1, -0.05) is 90.9 Å². The Morgan fingerprint density at radius 1 is 0.667 bits per heavy atom. The van der Waals surface area contributed by atoms with Gasteiger partial charge in [-0.15, -0.1) is 0 Å². The predicted molar refractivity (Wildman–Crippen MR) is 150 cm³/mol. The van der Waals surface area contributed by atoms with E-state index >= 15 is 0 Å². The van der Waals surface area contributed by atoms with Gasteiger partial charge in [0.1, 0.15) is 12.7 Å². The second kappa shape index (κ2) is 22.0. The van der Waals surface area contributed by atoms with Crippen molar-refractivity contribution in [2.75, 3.05) is 27.2 Å². The molecule has 0 aromatic carbocycles. The fraction of sp³-hybridized carbons (Fsp3) is 0.900. The number of carbonyl (C=O) groups excluding carboxylic acids is 3. The van der Waals surface area contributed by atoms with Crippen LogP contribution in [0.25, 0.3) is 0 Å². The Balaban J connectivity index is 2.61. The van der Waals surface area contributed by atoms with Crippen LogP contribution in [0.3, 0.4) is 0 Å². The molecule has 0 radical (unpaired) electrons. The van der Waals surface area contributed by atoms with E-state index in [1.54, 1.807) is 0 Å². The molecule has 1 saturated heterocycles. The van der Waals surface area contributed by atoms with E-state index in [9.17, 15) is 19.5 Å². The first-order chi connectivity index (χ1) is 18.8. The molecule has 0 amide bonds. The normalized spacial score (nSPS) is 20.8. The highest BCUT2D eigenvalue weighted by atomic mass is 16.7. The molecule has 1 heterocycles. The lowest BCUT2D eigenvalue weighted by atomic mass is 10.1. The van der Waals surface area contributed by atoms with Crippen molar-refractivity contribution < 1.29 is 38.4 Å². The van der Waals surface area contributed by atoms with Crippen LogP contribution in [-0.4, -0.2) is 79.8 Å². The summed E-state index contributed by atoms with van der Waals surface area (Å²) in [5.74, 6) is -1.33. The number of rotatable bonds is 23. The number of hydrogen-bond donors (Lipinski definition) is 1. The number of unbranched alkanes of at least 4 members (excludes halogenated alkanes) is 12. The third kappa shape index (κ3) is 16.9. The standard InChI is InChI=1S/C30H55NO8/c1-5-7-9-11-13-15-17-19-26(33)38-28-24(23-36-25(32)21-22-31(3)4)37-30(35)29(28)39-27(34)20-18-16-14-12-10-8-6-2/h24,28-30,35H,5-23H2,1-4H3/t24-,28?,29+,30-/m1/s1. The third-order valence-electron chi connectivity index (χ3n) is 6.96. The molecule has 9 nitrogen and oxygen atoms in total. The van der Waals surface area contributed by atoms with E-state index in [1.165, 1.54) is 38.5 Å². The number of esters is 3. The van der Waals surface area contributed by atoms with Crippen LogP contribution >= 0.6 is 0 Å². The number of aliphatic hydroxyl groups is 1. The van der Waals surface area contributed by atoms with E-state index in [1.807, 2.05) is 19.0 Å². The fourth-order valence-corrected chi connectivity index (χ4v) is 4.55. The minimum atomic E-state index is -1.47. The molecule has 0 spiro atoms. The first-order valence-electron chi connectivity index (χ1n) is 15.3. The Bertz CT molecular complexity index is 671. The zero-order valence-electron chi connectivity index (χ0n) is 25.0. The van der Waals surface area contributed by atoms with Crippen molar-refractivity contribution in [3.63, 3.8) is 0 Å². The number of ether oxygens (including phenoxy) is 4. The Labute approximate surface area is 236 Å². The van der Waals surface area contributed by atoms with Crippen molar-refractivity contribution in [1.82, 2.24) is 4.90 Å². The quantitative estimate of drug-likeness (QED) is 0.102. The molecule has 228 valence electrons. The van der Waals surface area contributed by atoms with Gasteiger partial charge in [-0.05, 0) is 26.9 Å². The van der Waals surface area contributed by atoms with Crippen molar-refractivity contribution >= 4 is 17.9 Å². The molecule has 1 rings (SSSR count). The Hall–Kier alpha value is -1.71. The largest absolute Gasteiger partial charge is 0.463 e. The van der Waals surface area contributed by atoms with E-state index in [0.29, 0.717) is 19.4 Å². The second-order valence-corrected chi connectivity index (χ2v) is 11.0. The van der Waals surface area contributed by atoms with Gasteiger partial charge in [0.25, 0.3) is 0 Å². The SMILES string of the molecule is CCCCCCCCCC(=O)OC1[C@@H](COC(=O)CCN(C)C)O[C@@H](O)[C@H]1OC(=O)CCCCCCCCC. The maximum Gasteiger partial charge on any atom is 0.307 e. The maximum absolute atomic E-state index is 12.6. The Kier molecular flexibility index (Phi) is 20.0. The average Bonchev–Trinajstić information content (AvgIpc) is 3.18. The van der Waals surface area contributed by atoms with E-state index in [4.69, 9.17) is 18.9 Å². The average molecular weight is 558 g/mol. The molecular formula is C30H55NO8. The molecule has 1 unspecified atom stereocenters. The summed E-state index contributed by atoms with van der Waals surface area (Å²) in [6.45, 7) is 4.68. The molecular weight excluding hydrogens is 502 g/mol. The smallest absolute Gasteiger partial charge is 0.307 e. The van der Waals surface area contributed by atoms with Gasteiger partial charge in [0.15, 0.2) is 18.5 Å². The second-order valence-electron chi connectivity index (χ2n) is 11.0.